The van der Waals surface area contributed by atoms with Crippen LogP contribution in [0.25, 0.3) is 0 Å². The zero-order chi connectivity index (χ0) is 13.0. The SMILES string of the molecule is Cn1ccc(CCNc2ccc(N)c(C#N)n2)n1. The Morgan fingerprint density at radius 1 is 1.44 bits per heavy atom. The van der Waals surface area contributed by atoms with Crippen molar-refractivity contribution in [1.29, 1.82) is 5.26 Å². The molecule has 0 fully saturated rings. The van der Waals surface area contributed by atoms with Gasteiger partial charge in [0.1, 0.15) is 11.9 Å². The third kappa shape index (κ3) is 2.77. The second-order valence-electron chi connectivity index (χ2n) is 3.90. The lowest BCUT2D eigenvalue weighted by Gasteiger charge is -2.05. The lowest BCUT2D eigenvalue weighted by Crippen LogP contribution is -2.08. The van der Waals surface area contributed by atoms with Crippen molar-refractivity contribution in [3.05, 3.63) is 35.8 Å². The average molecular weight is 242 g/mol. The van der Waals surface area contributed by atoms with Gasteiger partial charge in [0.25, 0.3) is 0 Å². The molecule has 3 N–H and O–H groups in total. The molecule has 0 aliphatic rings. The van der Waals surface area contributed by atoms with Crippen LogP contribution in [0.15, 0.2) is 24.4 Å². The predicted molar refractivity (Wildman–Crippen MR) is 68.8 cm³/mol. The van der Waals surface area contributed by atoms with Crippen molar-refractivity contribution in [2.45, 2.75) is 6.42 Å². The molecule has 0 saturated carbocycles. The summed E-state index contributed by atoms with van der Waals surface area (Å²) < 4.78 is 1.77. The third-order valence-electron chi connectivity index (χ3n) is 2.49. The molecular weight excluding hydrogens is 228 g/mol. The van der Waals surface area contributed by atoms with Crippen LogP contribution in [0.3, 0.4) is 0 Å². The van der Waals surface area contributed by atoms with Crippen molar-refractivity contribution in [1.82, 2.24) is 14.8 Å². The number of anilines is 2. The minimum absolute atomic E-state index is 0.248. The molecule has 0 amide bonds. The zero-order valence-electron chi connectivity index (χ0n) is 10.1. The Labute approximate surface area is 105 Å². The zero-order valence-corrected chi connectivity index (χ0v) is 10.1. The van der Waals surface area contributed by atoms with E-state index in [-0.39, 0.29) is 5.69 Å². The number of nitrogens with zero attached hydrogens (tertiary/aromatic N) is 4. The Morgan fingerprint density at radius 3 is 2.94 bits per heavy atom. The van der Waals surface area contributed by atoms with E-state index in [1.165, 1.54) is 0 Å². The molecule has 0 aromatic carbocycles. The number of hydrogen-bond donors (Lipinski definition) is 2. The fourth-order valence-electron chi connectivity index (χ4n) is 1.57. The second kappa shape index (κ2) is 5.19. The Kier molecular flexibility index (Phi) is 3.44. The van der Waals surface area contributed by atoms with Crippen LogP contribution in [-0.2, 0) is 13.5 Å². The predicted octanol–water partition coefficient (Wildman–Crippen LogP) is 0.924. The fourth-order valence-corrected chi connectivity index (χ4v) is 1.57. The molecule has 2 heterocycles. The van der Waals surface area contributed by atoms with E-state index in [0.29, 0.717) is 18.1 Å². The summed E-state index contributed by atoms with van der Waals surface area (Å²) in [5.41, 5.74) is 7.26. The van der Waals surface area contributed by atoms with Gasteiger partial charge in [-0.05, 0) is 18.2 Å². The van der Waals surface area contributed by atoms with E-state index in [9.17, 15) is 0 Å². The summed E-state index contributed by atoms with van der Waals surface area (Å²) in [7, 11) is 1.89. The van der Waals surface area contributed by atoms with Crippen molar-refractivity contribution < 1.29 is 0 Å². The van der Waals surface area contributed by atoms with Gasteiger partial charge in [0.15, 0.2) is 5.69 Å². The first-order valence-electron chi connectivity index (χ1n) is 5.58. The average Bonchev–Trinajstić information content (AvgIpc) is 2.77. The van der Waals surface area contributed by atoms with Crippen LogP contribution in [0.1, 0.15) is 11.4 Å². The van der Waals surface area contributed by atoms with Gasteiger partial charge in [-0.25, -0.2) is 4.98 Å². The van der Waals surface area contributed by atoms with Crippen LogP contribution < -0.4 is 11.1 Å². The number of aromatic nitrogens is 3. The van der Waals surface area contributed by atoms with Gasteiger partial charge in [0.2, 0.25) is 0 Å². The minimum Gasteiger partial charge on any atom is -0.396 e. The van der Waals surface area contributed by atoms with Gasteiger partial charge in [0.05, 0.1) is 11.4 Å². The van der Waals surface area contributed by atoms with Crippen LogP contribution >= 0.6 is 0 Å². The van der Waals surface area contributed by atoms with Crippen LogP contribution in [0.5, 0.6) is 0 Å². The topological polar surface area (TPSA) is 92.6 Å². The molecule has 6 heteroatoms. The van der Waals surface area contributed by atoms with Crippen LogP contribution in [0, 0.1) is 11.3 Å². The highest BCUT2D eigenvalue weighted by Crippen LogP contribution is 2.11. The highest BCUT2D eigenvalue weighted by Gasteiger charge is 2.02. The Balaban J connectivity index is 1.93. The standard InChI is InChI=1S/C12H14N6/c1-18-7-5-9(17-18)4-6-15-12-3-2-10(14)11(8-13)16-12/h2-3,5,7H,4,6,14H2,1H3,(H,15,16). The number of rotatable bonds is 4. The molecule has 18 heavy (non-hydrogen) atoms. The number of nitrogens with one attached hydrogen (secondary N) is 1. The van der Waals surface area contributed by atoms with E-state index < -0.39 is 0 Å². The van der Waals surface area contributed by atoms with Crippen molar-refractivity contribution in [2.75, 3.05) is 17.6 Å². The highest BCUT2D eigenvalue weighted by molar-refractivity contribution is 5.54. The van der Waals surface area contributed by atoms with E-state index >= 15 is 0 Å². The number of hydrogen-bond acceptors (Lipinski definition) is 5. The largest absolute Gasteiger partial charge is 0.396 e. The molecule has 0 unspecified atom stereocenters. The fraction of sp³-hybridized carbons (Fsp3) is 0.250. The highest BCUT2D eigenvalue weighted by atomic mass is 15.2. The first-order valence-corrected chi connectivity index (χ1v) is 5.58. The molecule has 0 saturated heterocycles. The summed E-state index contributed by atoms with van der Waals surface area (Å²) in [6.07, 6.45) is 2.71. The number of aryl methyl sites for hydroxylation is 1. The first kappa shape index (κ1) is 11.9. The Bertz CT molecular complexity index is 580. The second-order valence-corrected chi connectivity index (χ2v) is 3.90. The van der Waals surface area contributed by atoms with E-state index in [0.717, 1.165) is 12.1 Å². The maximum atomic E-state index is 8.82. The molecule has 0 aliphatic heterocycles. The van der Waals surface area contributed by atoms with Crippen molar-refractivity contribution in [3.8, 4) is 6.07 Å². The van der Waals surface area contributed by atoms with Gasteiger partial charge in [-0.3, -0.25) is 4.68 Å². The molecule has 2 aromatic heterocycles. The number of nitrogen functional groups attached to an aromatic ring is 1. The van der Waals surface area contributed by atoms with Crippen LogP contribution in [0.2, 0.25) is 0 Å². The van der Waals surface area contributed by atoms with Crippen LogP contribution in [0.4, 0.5) is 11.5 Å². The summed E-state index contributed by atoms with van der Waals surface area (Å²) in [5, 5.41) is 16.2. The number of nitrogens with two attached hydrogens (primary N) is 1. The maximum Gasteiger partial charge on any atom is 0.165 e. The summed E-state index contributed by atoms with van der Waals surface area (Å²) >= 11 is 0. The van der Waals surface area contributed by atoms with Gasteiger partial charge in [0, 0.05) is 26.2 Å². The molecule has 0 aliphatic carbocycles. The molecule has 0 spiro atoms. The monoisotopic (exact) mass is 242 g/mol. The molecule has 92 valence electrons. The smallest absolute Gasteiger partial charge is 0.165 e. The maximum absolute atomic E-state index is 8.82. The van der Waals surface area contributed by atoms with Gasteiger partial charge >= 0.3 is 0 Å². The summed E-state index contributed by atoms with van der Waals surface area (Å²) in [6.45, 7) is 0.707. The molecule has 2 rings (SSSR count). The normalized spacial score (nSPS) is 10.0. The van der Waals surface area contributed by atoms with Gasteiger partial charge in [-0.15, -0.1) is 0 Å². The van der Waals surface area contributed by atoms with Gasteiger partial charge < -0.3 is 11.1 Å². The van der Waals surface area contributed by atoms with Crippen molar-refractivity contribution >= 4 is 11.5 Å². The van der Waals surface area contributed by atoms with Gasteiger partial charge in [-0.1, -0.05) is 0 Å². The molecule has 2 aromatic rings. The Morgan fingerprint density at radius 2 is 2.28 bits per heavy atom. The third-order valence-corrected chi connectivity index (χ3v) is 2.49. The summed E-state index contributed by atoms with van der Waals surface area (Å²) in [5.74, 6) is 0.650. The molecule has 0 radical (unpaired) electrons. The minimum atomic E-state index is 0.248. The van der Waals surface area contributed by atoms with E-state index in [4.69, 9.17) is 11.0 Å². The molecular formula is C12H14N6. The van der Waals surface area contributed by atoms with Crippen molar-refractivity contribution in [2.24, 2.45) is 7.05 Å². The number of nitriles is 1. The van der Waals surface area contributed by atoms with Crippen LogP contribution in [-0.4, -0.2) is 21.3 Å². The van der Waals surface area contributed by atoms with E-state index in [1.807, 2.05) is 25.4 Å². The lowest BCUT2D eigenvalue weighted by atomic mass is 10.3. The summed E-state index contributed by atoms with van der Waals surface area (Å²) in [4.78, 5) is 4.10. The number of pyridine rings is 1. The molecule has 6 nitrogen and oxygen atoms in total. The quantitative estimate of drug-likeness (QED) is 0.831. The molecule has 0 bridgehead atoms. The first-order chi connectivity index (χ1) is 8.69. The van der Waals surface area contributed by atoms with E-state index in [1.54, 1.807) is 16.8 Å². The Hall–Kier alpha value is -2.55. The summed E-state index contributed by atoms with van der Waals surface area (Å²) in [6, 6.07) is 7.36. The van der Waals surface area contributed by atoms with Gasteiger partial charge in [-0.2, -0.15) is 10.4 Å². The van der Waals surface area contributed by atoms with E-state index in [2.05, 4.69) is 15.4 Å². The lowest BCUT2D eigenvalue weighted by molar-refractivity contribution is 0.742. The molecule has 0 atom stereocenters. The van der Waals surface area contributed by atoms with Crippen molar-refractivity contribution in [3.63, 3.8) is 0 Å².